The first-order valence-corrected chi connectivity index (χ1v) is 6.57. The number of carboxylic acids is 1. The zero-order valence-electron chi connectivity index (χ0n) is 10.4. The summed E-state index contributed by atoms with van der Waals surface area (Å²) in [4.78, 5) is 15.4. The Labute approximate surface area is 122 Å². The molecule has 0 saturated carbocycles. The highest BCUT2D eigenvalue weighted by Crippen LogP contribution is 2.23. The van der Waals surface area contributed by atoms with Crippen LogP contribution in [-0.4, -0.2) is 31.1 Å². The van der Waals surface area contributed by atoms with Crippen LogP contribution in [0.4, 0.5) is 0 Å². The van der Waals surface area contributed by atoms with E-state index in [1.807, 2.05) is 24.3 Å². The van der Waals surface area contributed by atoms with Gasteiger partial charge in [0.25, 0.3) is 0 Å². The lowest BCUT2D eigenvalue weighted by molar-refractivity contribution is 0.0689. The van der Waals surface area contributed by atoms with Crippen LogP contribution in [0.2, 0.25) is 0 Å². The lowest BCUT2D eigenvalue weighted by Gasteiger charge is -2.07. The second-order valence-electron chi connectivity index (χ2n) is 4.24. The van der Waals surface area contributed by atoms with Gasteiger partial charge in [-0.3, -0.25) is 4.98 Å². The van der Waals surface area contributed by atoms with Crippen LogP contribution in [0.5, 0.6) is 0 Å². The molecule has 2 aromatic heterocycles. The maximum absolute atomic E-state index is 11.0. The SMILES string of the molecule is Cc1c(C(=O)O)nnn1-c1cccc2cc(Br)cnc12. The van der Waals surface area contributed by atoms with E-state index in [2.05, 4.69) is 31.2 Å². The van der Waals surface area contributed by atoms with Crippen molar-refractivity contribution >= 4 is 32.8 Å². The molecule has 0 aliphatic heterocycles. The molecule has 0 amide bonds. The van der Waals surface area contributed by atoms with E-state index < -0.39 is 5.97 Å². The largest absolute Gasteiger partial charge is 0.476 e. The highest BCUT2D eigenvalue weighted by atomic mass is 79.9. The molecule has 0 atom stereocenters. The lowest BCUT2D eigenvalue weighted by atomic mass is 10.2. The zero-order valence-corrected chi connectivity index (χ0v) is 12.0. The molecule has 0 bridgehead atoms. The van der Waals surface area contributed by atoms with E-state index in [9.17, 15) is 4.79 Å². The monoisotopic (exact) mass is 332 g/mol. The number of carboxylic acid groups (broad SMARTS) is 1. The molecule has 0 unspecified atom stereocenters. The van der Waals surface area contributed by atoms with Crippen LogP contribution >= 0.6 is 15.9 Å². The quantitative estimate of drug-likeness (QED) is 0.780. The Morgan fingerprint density at radius 1 is 1.40 bits per heavy atom. The van der Waals surface area contributed by atoms with Crippen molar-refractivity contribution in [3.05, 3.63) is 46.3 Å². The lowest BCUT2D eigenvalue weighted by Crippen LogP contribution is -2.03. The molecule has 0 fully saturated rings. The Hall–Kier alpha value is -2.28. The molecule has 3 rings (SSSR count). The Balaban J connectivity index is 2.27. The summed E-state index contributed by atoms with van der Waals surface area (Å²) in [5.41, 5.74) is 1.85. The van der Waals surface area contributed by atoms with Crippen molar-refractivity contribution in [2.45, 2.75) is 6.92 Å². The van der Waals surface area contributed by atoms with Crippen molar-refractivity contribution in [3.8, 4) is 5.69 Å². The minimum atomic E-state index is -1.09. The summed E-state index contributed by atoms with van der Waals surface area (Å²) in [5, 5.41) is 17.6. The number of pyridine rings is 1. The van der Waals surface area contributed by atoms with Crippen molar-refractivity contribution in [3.63, 3.8) is 0 Å². The van der Waals surface area contributed by atoms with Crippen molar-refractivity contribution in [1.29, 1.82) is 0 Å². The molecule has 6 nitrogen and oxygen atoms in total. The third-order valence-corrected chi connectivity index (χ3v) is 3.42. The van der Waals surface area contributed by atoms with E-state index in [1.54, 1.807) is 13.1 Å². The number of fused-ring (bicyclic) bond motifs is 1. The molecule has 3 aromatic rings. The van der Waals surface area contributed by atoms with Crippen LogP contribution < -0.4 is 0 Å². The summed E-state index contributed by atoms with van der Waals surface area (Å²) >= 11 is 3.38. The number of rotatable bonds is 2. The third kappa shape index (κ3) is 1.96. The van der Waals surface area contributed by atoms with E-state index >= 15 is 0 Å². The molecule has 1 N–H and O–H groups in total. The summed E-state index contributed by atoms with van der Waals surface area (Å²) in [5.74, 6) is -1.09. The number of hydrogen-bond donors (Lipinski definition) is 1. The predicted molar refractivity (Wildman–Crippen MR) is 76.1 cm³/mol. The molecular formula is C13H9BrN4O2. The summed E-state index contributed by atoms with van der Waals surface area (Å²) < 4.78 is 2.37. The first kappa shape index (κ1) is 12.7. The van der Waals surface area contributed by atoms with Gasteiger partial charge in [0.1, 0.15) is 0 Å². The van der Waals surface area contributed by atoms with Crippen molar-refractivity contribution < 1.29 is 9.90 Å². The van der Waals surface area contributed by atoms with Gasteiger partial charge in [-0.15, -0.1) is 5.10 Å². The molecule has 0 spiro atoms. The second-order valence-corrected chi connectivity index (χ2v) is 5.16. The van der Waals surface area contributed by atoms with Crippen LogP contribution in [0.15, 0.2) is 34.9 Å². The maximum Gasteiger partial charge on any atom is 0.358 e. The average Bonchev–Trinajstić information content (AvgIpc) is 2.79. The van der Waals surface area contributed by atoms with E-state index in [-0.39, 0.29) is 5.69 Å². The van der Waals surface area contributed by atoms with Crippen molar-refractivity contribution in [1.82, 2.24) is 20.0 Å². The fraction of sp³-hybridized carbons (Fsp3) is 0.0769. The summed E-state index contributed by atoms with van der Waals surface area (Å²) in [7, 11) is 0. The van der Waals surface area contributed by atoms with Crippen LogP contribution in [0, 0.1) is 6.92 Å². The van der Waals surface area contributed by atoms with Crippen LogP contribution in [0.25, 0.3) is 16.6 Å². The summed E-state index contributed by atoms with van der Waals surface area (Å²) in [6, 6.07) is 7.57. The maximum atomic E-state index is 11.0. The fourth-order valence-electron chi connectivity index (χ4n) is 2.04. The number of halogens is 1. The minimum absolute atomic E-state index is 0.0564. The highest BCUT2D eigenvalue weighted by Gasteiger charge is 2.17. The standard InChI is InChI=1S/C13H9BrN4O2/c1-7-11(13(19)20)16-17-18(7)10-4-2-3-8-5-9(14)6-15-12(8)10/h2-6H,1H3,(H,19,20). The molecule has 2 heterocycles. The second kappa shape index (κ2) is 4.68. The van der Waals surface area contributed by atoms with Gasteiger partial charge in [-0.1, -0.05) is 17.3 Å². The van der Waals surface area contributed by atoms with Gasteiger partial charge < -0.3 is 5.11 Å². The van der Waals surface area contributed by atoms with E-state index in [1.165, 1.54) is 4.68 Å². The summed E-state index contributed by atoms with van der Waals surface area (Å²) in [6.07, 6.45) is 1.69. The topological polar surface area (TPSA) is 80.9 Å². The third-order valence-electron chi connectivity index (χ3n) is 2.98. The predicted octanol–water partition coefficient (Wildman–Crippen LogP) is 2.58. The van der Waals surface area contributed by atoms with Gasteiger partial charge in [-0.25, -0.2) is 9.48 Å². The smallest absolute Gasteiger partial charge is 0.358 e. The van der Waals surface area contributed by atoms with Gasteiger partial charge in [0, 0.05) is 16.1 Å². The first-order chi connectivity index (χ1) is 9.58. The van der Waals surface area contributed by atoms with Gasteiger partial charge in [0.05, 0.1) is 16.9 Å². The van der Waals surface area contributed by atoms with Crippen LogP contribution in [-0.2, 0) is 0 Å². The fourth-order valence-corrected chi connectivity index (χ4v) is 2.39. The van der Waals surface area contributed by atoms with Crippen LogP contribution in [0.3, 0.4) is 0 Å². The number of hydrogen-bond acceptors (Lipinski definition) is 4. The molecule has 7 heteroatoms. The average molecular weight is 333 g/mol. The molecule has 1 aromatic carbocycles. The van der Waals surface area contributed by atoms with E-state index in [0.717, 1.165) is 15.4 Å². The molecule has 20 heavy (non-hydrogen) atoms. The molecule has 0 aliphatic rings. The first-order valence-electron chi connectivity index (χ1n) is 5.78. The Kier molecular flexibility index (Phi) is 2.98. The van der Waals surface area contributed by atoms with E-state index in [4.69, 9.17) is 5.11 Å². The number of carbonyl (C=O) groups is 1. The van der Waals surface area contributed by atoms with Crippen molar-refractivity contribution in [2.75, 3.05) is 0 Å². The Morgan fingerprint density at radius 3 is 2.90 bits per heavy atom. The molecule has 100 valence electrons. The minimum Gasteiger partial charge on any atom is -0.476 e. The molecule has 0 radical (unpaired) electrons. The zero-order chi connectivity index (χ0) is 14.3. The normalized spacial score (nSPS) is 10.9. The molecule has 0 aliphatic carbocycles. The van der Waals surface area contributed by atoms with Gasteiger partial charge in [-0.2, -0.15) is 0 Å². The number of aromatic nitrogens is 4. The Bertz CT molecular complexity index is 828. The number of para-hydroxylation sites is 1. The van der Waals surface area contributed by atoms with Crippen molar-refractivity contribution in [2.24, 2.45) is 0 Å². The summed E-state index contributed by atoms with van der Waals surface area (Å²) in [6.45, 7) is 1.67. The number of aromatic carboxylic acids is 1. The molecular weight excluding hydrogens is 324 g/mol. The van der Waals surface area contributed by atoms with Gasteiger partial charge in [0.2, 0.25) is 0 Å². The number of benzene rings is 1. The highest BCUT2D eigenvalue weighted by molar-refractivity contribution is 9.10. The van der Waals surface area contributed by atoms with Gasteiger partial charge >= 0.3 is 5.97 Å². The van der Waals surface area contributed by atoms with Gasteiger partial charge in [0.15, 0.2) is 5.69 Å². The van der Waals surface area contributed by atoms with Gasteiger partial charge in [-0.05, 0) is 35.0 Å². The molecule has 0 saturated heterocycles. The number of nitrogens with zero attached hydrogens (tertiary/aromatic N) is 4. The van der Waals surface area contributed by atoms with Crippen LogP contribution in [0.1, 0.15) is 16.2 Å². The van der Waals surface area contributed by atoms with E-state index in [0.29, 0.717) is 11.4 Å². The Morgan fingerprint density at radius 2 is 2.20 bits per heavy atom.